The summed E-state index contributed by atoms with van der Waals surface area (Å²) >= 11 is 0. The Balaban J connectivity index is 1.34. The molecule has 32 heavy (non-hydrogen) atoms. The van der Waals surface area contributed by atoms with E-state index < -0.39 is 0 Å². The molecule has 1 aliphatic rings. The predicted molar refractivity (Wildman–Crippen MR) is 128 cm³/mol. The van der Waals surface area contributed by atoms with Crippen LogP contribution in [0.1, 0.15) is 36.0 Å². The molecule has 4 heteroatoms. The van der Waals surface area contributed by atoms with Crippen molar-refractivity contribution in [2.75, 3.05) is 13.7 Å². The van der Waals surface area contributed by atoms with Crippen LogP contribution in [0, 0.1) is 5.92 Å². The zero-order valence-electron chi connectivity index (χ0n) is 18.5. The minimum absolute atomic E-state index is 0.0223. The zero-order chi connectivity index (χ0) is 22.2. The predicted octanol–water partition coefficient (Wildman–Crippen LogP) is 5.09. The lowest BCUT2D eigenvalue weighted by Gasteiger charge is -2.19. The Bertz CT molecular complexity index is 1050. The molecule has 2 atom stereocenters. The van der Waals surface area contributed by atoms with E-state index >= 15 is 0 Å². The lowest BCUT2D eigenvalue weighted by molar-refractivity contribution is -0.116. The molecule has 1 fully saturated rings. The molecule has 1 heterocycles. The number of rotatable bonds is 10. The van der Waals surface area contributed by atoms with Crippen LogP contribution < -0.4 is 10.1 Å². The number of hydrogen-bond acceptors (Lipinski definition) is 3. The van der Waals surface area contributed by atoms with Gasteiger partial charge in [-0.15, -0.1) is 0 Å². The van der Waals surface area contributed by atoms with Crippen LogP contribution in [-0.2, 0) is 16.6 Å². The molecule has 1 N–H and O–H groups in total. The number of aryl methyl sites for hydroxylation is 1. The first-order valence-electron chi connectivity index (χ1n) is 11.3. The van der Waals surface area contributed by atoms with E-state index in [-0.39, 0.29) is 17.2 Å². The summed E-state index contributed by atoms with van der Waals surface area (Å²) in [5.74, 6) is 1.12. The third kappa shape index (κ3) is 5.08. The molecule has 2 unspecified atom stereocenters. The van der Waals surface area contributed by atoms with E-state index in [0.29, 0.717) is 6.54 Å². The molecule has 0 radical (unpaired) electrons. The molecule has 3 aromatic rings. The maximum absolute atomic E-state index is 12.4. The summed E-state index contributed by atoms with van der Waals surface area (Å²) in [5, 5.41) is 3.02. The number of carbonyl (C=O) groups excluding carboxylic acids is 1. The summed E-state index contributed by atoms with van der Waals surface area (Å²) in [5.41, 5.74) is 3.64. The van der Waals surface area contributed by atoms with Crippen LogP contribution in [0.2, 0.25) is 0 Å². The van der Waals surface area contributed by atoms with Crippen molar-refractivity contribution in [1.29, 1.82) is 0 Å². The van der Waals surface area contributed by atoms with Crippen LogP contribution in [-0.4, -0.2) is 24.5 Å². The average molecular weight is 427 g/mol. The SMILES string of the molecule is COc1cccc(C2(c3ccccc3)CC2/C=C/C(=O)NCCCCc2cccnc2)c1. The van der Waals surface area contributed by atoms with Gasteiger partial charge in [-0.25, -0.2) is 0 Å². The lowest BCUT2D eigenvalue weighted by atomic mass is 9.85. The van der Waals surface area contributed by atoms with E-state index in [1.165, 1.54) is 16.7 Å². The Morgan fingerprint density at radius 2 is 1.94 bits per heavy atom. The van der Waals surface area contributed by atoms with Crippen LogP contribution in [0.5, 0.6) is 5.75 Å². The van der Waals surface area contributed by atoms with Crippen LogP contribution >= 0.6 is 0 Å². The highest BCUT2D eigenvalue weighted by molar-refractivity contribution is 5.87. The van der Waals surface area contributed by atoms with Crippen molar-refractivity contribution >= 4 is 5.91 Å². The molecule has 0 aliphatic heterocycles. The van der Waals surface area contributed by atoms with Gasteiger partial charge in [0.1, 0.15) is 5.75 Å². The third-order valence-electron chi connectivity index (χ3n) is 6.28. The molecule has 4 rings (SSSR count). The Morgan fingerprint density at radius 1 is 1.09 bits per heavy atom. The topological polar surface area (TPSA) is 51.2 Å². The monoisotopic (exact) mass is 426 g/mol. The Morgan fingerprint density at radius 3 is 2.72 bits per heavy atom. The summed E-state index contributed by atoms with van der Waals surface area (Å²) in [4.78, 5) is 16.5. The standard InChI is InChI=1S/C28H30N2O2/c1-32-26-14-7-13-24(19-26)28(23-11-3-2-4-12-23)20-25(28)15-16-27(31)30-18-6-5-9-22-10-8-17-29-21-22/h2-4,7-8,10-17,19,21,25H,5-6,9,18,20H2,1H3,(H,30,31)/b16-15+. The van der Waals surface area contributed by atoms with Gasteiger partial charge in [0.25, 0.3) is 0 Å². The van der Waals surface area contributed by atoms with Crippen molar-refractivity contribution in [3.63, 3.8) is 0 Å². The number of allylic oxidation sites excluding steroid dienone is 1. The number of pyridine rings is 1. The van der Waals surface area contributed by atoms with Gasteiger partial charge in [0.05, 0.1) is 7.11 Å². The first-order chi connectivity index (χ1) is 15.7. The lowest BCUT2D eigenvalue weighted by Crippen LogP contribution is -2.22. The second-order valence-corrected chi connectivity index (χ2v) is 8.35. The normalized spacial score (nSPS) is 19.6. The number of hydrogen-bond donors (Lipinski definition) is 1. The number of unbranched alkanes of at least 4 members (excludes halogenated alkanes) is 1. The van der Waals surface area contributed by atoms with Gasteiger partial charge in [0.15, 0.2) is 0 Å². The average Bonchev–Trinajstić information content (AvgIpc) is 3.59. The molecule has 4 nitrogen and oxygen atoms in total. The van der Waals surface area contributed by atoms with Crippen LogP contribution in [0.25, 0.3) is 0 Å². The Labute approximate surface area is 190 Å². The van der Waals surface area contributed by atoms with Gasteiger partial charge in [-0.05, 0) is 72.6 Å². The summed E-state index contributed by atoms with van der Waals surface area (Å²) in [6.45, 7) is 0.688. The van der Waals surface area contributed by atoms with E-state index in [4.69, 9.17) is 4.74 Å². The van der Waals surface area contributed by atoms with E-state index in [9.17, 15) is 4.79 Å². The summed E-state index contributed by atoms with van der Waals surface area (Å²) in [7, 11) is 1.69. The van der Waals surface area contributed by atoms with Gasteiger partial charge in [-0.1, -0.05) is 54.6 Å². The number of nitrogens with one attached hydrogen (secondary N) is 1. The van der Waals surface area contributed by atoms with E-state index in [1.807, 2.05) is 30.5 Å². The largest absolute Gasteiger partial charge is 0.497 e. The first kappa shape index (κ1) is 21.8. The quantitative estimate of drug-likeness (QED) is 0.363. The van der Waals surface area contributed by atoms with Gasteiger partial charge in [-0.3, -0.25) is 9.78 Å². The number of benzene rings is 2. The van der Waals surface area contributed by atoms with Crippen molar-refractivity contribution in [3.05, 3.63) is 108 Å². The number of nitrogens with zero attached hydrogens (tertiary/aromatic N) is 1. The van der Waals surface area contributed by atoms with E-state index in [1.54, 1.807) is 19.4 Å². The minimum Gasteiger partial charge on any atom is -0.497 e. The number of aromatic nitrogens is 1. The van der Waals surface area contributed by atoms with Crippen LogP contribution in [0.3, 0.4) is 0 Å². The number of methoxy groups -OCH3 is 1. The zero-order valence-corrected chi connectivity index (χ0v) is 18.5. The maximum atomic E-state index is 12.4. The van der Waals surface area contributed by atoms with Crippen LogP contribution in [0.15, 0.2) is 91.3 Å². The Kier molecular flexibility index (Phi) is 7.00. The van der Waals surface area contributed by atoms with Gasteiger partial charge in [0.2, 0.25) is 5.91 Å². The first-order valence-corrected chi connectivity index (χ1v) is 11.3. The van der Waals surface area contributed by atoms with Crippen molar-refractivity contribution in [1.82, 2.24) is 10.3 Å². The molecule has 1 amide bonds. The molecule has 1 saturated carbocycles. The minimum atomic E-state index is -0.101. The molecular weight excluding hydrogens is 396 g/mol. The molecule has 0 spiro atoms. The van der Waals surface area contributed by atoms with E-state index in [0.717, 1.165) is 31.4 Å². The molecule has 1 aromatic heterocycles. The van der Waals surface area contributed by atoms with Crippen molar-refractivity contribution in [2.24, 2.45) is 5.92 Å². The highest BCUT2D eigenvalue weighted by Gasteiger charge is 2.55. The molecule has 1 aliphatic carbocycles. The molecule has 164 valence electrons. The van der Waals surface area contributed by atoms with E-state index in [2.05, 4.69) is 58.8 Å². The number of amides is 1. The summed E-state index contributed by atoms with van der Waals surface area (Å²) in [6.07, 6.45) is 11.4. The molecule has 0 bridgehead atoms. The fourth-order valence-electron chi connectivity index (χ4n) is 4.46. The van der Waals surface area contributed by atoms with Crippen molar-refractivity contribution < 1.29 is 9.53 Å². The highest BCUT2D eigenvalue weighted by atomic mass is 16.5. The Hall–Kier alpha value is -3.40. The maximum Gasteiger partial charge on any atom is 0.243 e. The molecule has 0 saturated heterocycles. The van der Waals surface area contributed by atoms with Gasteiger partial charge >= 0.3 is 0 Å². The second kappa shape index (κ2) is 10.3. The molecule has 2 aromatic carbocycles. The van der Waals surface area contributed by atoms with Gasteiger partial charge in [0, 0.05) is 24.4 Å². The third-order valence-corrected chi connectivity index (χ3v) is 6.28. The number of carbonyl (C=O) groups is 1. The fraction of sp³-hybridized carbons (Fsp3) is 0.286. The van der Waals surface area contributed by atoms with Crippen molar-refractivity contribution in [2.45, 2.75) is 31.1 Å². The number of ether oxygens (including phenoxy) is 1. The van der Waals surface area contributed by atoms with Crippen molar-refractivity contribution in [3.8, 4) is 5.75 Å². The summed E-state index contributed by atoms with van der Waals surface area (Å²) in [6, 6.07) is 22.9. The van der Waals surface area contributed by atoms with Gasteiger partial charge in [-0.2, -0.15) is 0 Å². The van der Waals surface area contributed by atoms with Gasteiger partial charge < -0.3 is 10.1 Å². The highest BCUT2D eigenvalue weighted by Crippen LogP contribution is 2.59. The van der Waals surface area contributed by atoms with Crippen LogP contribution in [0.4, 0.5) is 0 Å². The smallest absolute Gasteiger partial charge is 0.243 e. The molecular formula is C28H30N2O2. The fourth-order valence-corrected chi connectivity index (χ4v) is 4.46. The summed E-state index contributed by atoms with van der Waals surface area (Å²) < 4.78 is 5.45. The second-order valence-electron chi connectivity index (χ2n) is 8.35.